The van der Waals surface area contributed by atoms with E-state index in [1.165, 1.54) is 12.3 Å². The molecular weight excluding hydrogens is 320 g/mol. The van der Waals surface area contributed by atoms with Crippen LogP contribution in [-0.4, -0.2) is 41.7 Å². The third-order valence-corrected chi connectivity index (χ3v) is 3.59. The zero-order valence-corrected chi connectivity index (χ0v) is 14.2. The molecule has 1 unspecified atom stereocenters. The summed E-state index contributed by atoms with van der Waals surface area (Å²) in [5.74, 6) is 0.00185. The summed E-state index contributed by atoms with van der Waals surface area (Å²) in [7, 11) is 0. The van der Waals surface area contributed by atoms with Crippen LogP contribution in [0.25, 0.3) is 0 Å². The molecule has 1 aliphatic rings. The van der Waals surface area contributed by atoms with Crippen LogP contribution in [0.5, 0.6) is 0 Å². The fourth-order valence-corrected chi connectivity index (χ4v) is 2.63. The zero-order valence-electron chi connectivity index (χ0n) is 13.4. The van der Waals surface area contributed by atoms with Crippen molar-refractivity contribution in [3.63, 3.8) is 0 Å². The van der Waals surface area contributed by atoms with Gasteiger partial charge in [0.05, 0.1) is 16.6 Å². The number of carbonyl (C=O) groups excluding carboxylic acids is 2. The van der Waals surface area contributed by atoms with Gasteiger partial charge in [0.1, 0.15) is 11.4 Å². The molecule has 0 aliphatic carbocycles. The van der Waals surface area contributed by atoms with Gasteiger partial charge in [-0.1, -0.05) is 11.6 Å². The molecule has 0 saturated carbocycles. The maximum Gasteiger partial charge on any atom is 0.407 e. The Morgan fingerprint density at radius 1 is 1.48 bits per heavy atom. The van der Waals surface area contributed by atoms with E-state index in [-0.39, 0.29) is 11.6 Å². The van der Waals surface area contributed by atoms with Gasteiger partial charge in [-0.25, -0.2) is 9.78 Å². The second-order valence-corrected chi connectivity index (χ2v) is 6.88. The fourth-order valence-electron chi connectivity index (χ4n) is 2.34. The lowest BCUT2D eigenvalue weighted by molar-refractivity contribution is 0.0509. The summed E-state index contributed by atoms with van der Waals surface area (Å²) >= 11 is 6.17. The molecule has 2 heterocycles. The van der Waals surface area contributed by atoms with Crippen LogP contribution in [0.3, 0.4) is 0 Å². The number of nitrogens with zero attached hydrogens (tertiary/aromatic N) is 2. The molecule has 23 heavy (non-hydrogen) atoms. The lowest BCUT2D eigenvalue weighted by atomic mass is 10.2. The van der Waals surface area contributed by atoms with Crippen LogP contribution in [-0.2, 0) is 4.74 Å². The van der Waals surface area contributed by atoms with Crippen molar-refractivity contribution in [3.8, 4) is 0 Å². The van der Waals surface area contributed by atoms with Crippen molar-refractivity contribution in [2.45, 2.75) is 38.8 Å². The van der Waals surface area contributed by atoms with Gasteiger partial charge in [0, 0.05) is 19.3 Å². The number of alkyl carbamates (subject to hydrolysis) is 1. The molecule has 0 radical (unpaired) electrons. The van der Waals surface area contributed by atoms with E-state index in [2.05, 4.69) is 10.3 Å². The third-order valence-electron chi connectivity index (χ3n) is 3.31. The summed E-state index contributed by atoms with van der Waals surface area (Å²) in [5.41, 5.74) is 4.94. The average molecular weight is 341 g/mol. The summed E-state index contributed by atoms with van der Waals surface area (Å²) in [6, 6.07) is 1.46. The summed E-state index contributed by atoms with van der Waals surface area (Å²) < 4.78 is 5.24. The van der Waals surface area contributed by atoms with Crippen molar-refractivity contribution in [2.75, 3.05) is 18.0 Å². The highest BCUT2D eigenvalue weighted by molar-refractivity contribution is 6.33. The van der Waals surface area contributed by atoms with E-state index >= 15 is 0 Å². The normalized spacial score (nSPS) is 17.9. The van der Waals surface area contributed by atoms with Crippen molar-refractivity contribution in [3.05, 3.63) is 22.8 Å². The Labute approximate surface area is 140 Å². The summed E-state index contributed by atoms with van der Waals surface area (Å²) in [5, 5.41) is 3.20. The van der Waals surface area contributed by atoms with Gasteiger partial charge in [0.2, 0.25) is 5.91 Å². The van der Waals surface area contributed by atoms with Crippen LogP contribution in [0.4, 0.5) is 10.6 Å². The maximum absolute atomic E-state index is 11.8. The van der Waals surface area contributed by atoms with E-state index in [0.29, 0.717) is 23.9 Å². The Balaban J connectivity index is 1.97. The number of primary amides is 1. The largest absolute Gasteiger partial charge is 0.444 e. The van der Waals surface area contributed by atoms with Crippen molar-refractivity contribution in [1.29, 1.82) is 0 Å². The van der Waals surface area contributed by atoms with Crippen LogP contribution < -0.4 is 16.0 Å². The highest BCUT2D eigenvalue weighted by Gasteiger charge is 2.28. The second-order valence-electron chi connectivity index (χ2n) is 6.47. The number of hydrogen-bond acceptors (Lipinski definition) is 5. The van der Waals surface area contributed by atoms with E-state index in [1.54, 1.807) is 0 Å². The van der Waals surface area contributed by atoms with Crippen molar-refractivity contribution in [2.24, 2.45) is 5.73 Å². The number of rotatable bonds is 3. The molecule has 8 heteroatoms. The first kappa shape index (κ1) is 17.3. The lowest BCUT2D eigenvalue weighted by Gasteiger charge is -2.22. The van der Waals surface area contributed by atoms with Crippen molar-refractivity contribution >= 4 is 29.4 Å². The van der Waals surface area contributed by atoms with Crippen LogP contribution in [0.15, 0.2) is 12.3 Å². The van der Waals surface area contributed by atoms with Gasteiger partial charge in [-0.15, -0.1) is 0 Å². The Morgan fingerprint density at radius 2 is 2.17 bits per heavy atom. The molecule has 126 valence electrons. The van der Waals surface area contributed by atoms with E-state index in [4.69, 9.17) is 22.1 Å². The average Bonchev–Trinajstić information content (AvgIpc) is 2.84. The smallest absolute Gasteiger partial charge is 0.407 e. The number of hydrogen-bond donors (Lipinski definition) is 2. The molecule has 2 amide bonds. The molecule has 3 N–H and O–H groups in total. The van der Waals surface area contributed by atoms with Crippen molar-refractivity contribution < 1.29 is 14.3 Å². The summed E-state index contributed by atoms with van der Waals surface area (Å²) in [6.07, 6.45) is 1.72. The highest BCUT2D eigenvalue weighted by Crippen LogP contribution is 2.27. The van der Waals surface area contributed by atoms with Gasteiger partial charge >= 0.3 is 6.09 Å². The number of nitrogens with two attached hydrogens (primary N) is 1. The number of anilines is 1. The number of amides is 2. The maximum atomic E-state index is 11.8. The fraction of sp³-hybridized carbons (Fsp3) is 0.533. The Kier molecular flexibility index (Phi) is 4.99. The number of halogens is 1. The number of carbonyl (C=O) groups is 2. The molecule has 7 nitrogen and oxygen atoms in total. The predicted molar refractivity (Wildman–Crippen MR) is 87.8 cm³/mol. The number of nitrogens with one attached hydrogen (secondary N) is 1. The molecule has 2 rings (SSSR count). The van der Waals surface area contributed by atoms with Crippen LogP contribution >= 0.6 is 11.6 Å². The number of ether oxygens (including phenoxy) is 1. The van der Waals surface area contributed by atoms with Gasteiger partial charge in [0.25, 0.3) is 0 Å². The van der Waals surface area contributed by atoms with Crippen LogP contribution in [0.2, 0.25) is 5.02 Å². The highest BCUT2D eigenvalue weighted by atomic mass is 35.5. The van der Waals surface area contributed by atoms with Gasteiger partial charge in [-0.2, -0.15) is 0 Å². The molecule has 1 aromatic heterocycles. The topological polar surface area (TPSA) is 97.6 Å². The van der Waals surface area contributed by atoms with E-state index in [9.17, 15) is 9.59 Å². The Hall–Kier alpha value is -2.02. The summed E-state index contributed by atoms with van der Waals surface area (Å²) in [6.45, 7) is 6.72. The minimum atomic E-state index is -0.572. The molecule has 0 aromatic carbocycles. The van der Waals surface area contributed by atoms with Gasteiger partial charge in [0.15, 0.2) is 0 Å². The predicted octanol–water partition coefficient (Wildman–Crippen LogP) is 1.94. The first-order valence-electron chi connectivity index (χ1n) is 7.35. The molecule has 1 fully saturated rings. The lowest BCUT2D eigenvalue weighted by Crippen LogP contribution is -2.40. The third kappa shape index (κ3) is 4.72. The molecule has 1 aliphatic heterocycles. The monoisotopic (exact) mass is 340 g/mol. The van der Waals surface area contributed by atoms with E-state index in [0.717, 1.165) is 6.42 Å². The molecular formula is C15H21ClN4O3. The zero-order chi connectivity index (χ0) is 17.2. The first-order valence-corrected chi connectivity index (χ1v) is 7.73. The Morgan fingerprint density at radius 3 is 2.74 bits per heavy atom. The van der Waals surface area contributed by atoms with Crippen molar-refractivity contribution in [1.82, 2.24) is 10.3 Å². The number of aromatic nitrogens is 1. The standard InChI is InChI=1S/C15H21ClN4O3/c1-15(2,3)23-14(22)19-10-4-5-20(8-10)13-11(16)6-9(7-18-13)12(17)21/h6-7,10H,4-5,8H2,1-3H3,(H2,17,21)(H,19,22). The molecule has 0 spiro atoms. The minimum Gasteiger partial charge on any atom is -0.444 e. The van der Waals surface area contributed by atoms with E-state index in [1.807, 2.05) is 25.7 Å². The Bertz CT molecular complexity index is 615. The summed E-state index contributed by atoms with van der Waals surface area (Å²) in [4.78, 5) is 29.1. The molecule has 1 aromatic rings. The molecule has 1 atom stereocenters. The SMILES string of the molecule is CC(C)(C)OC(=O)NC1CCN(c2ncc(C(N)=O)cc2Cl)C1. The van der Waals surface area contributed by atoms with E-state index < -0.39 is 17.6 Å². The van der Waals surface area contributed by atoms with Gasteiger partial charge in [-0.3, -0.25) is 4.79 Å². The van der Waals surface area contributed by atoms with Crippen LogP contribution in [0.1, 0.15) is 37.6 Å². The first-order chi connectivity index (χ1) is 10.7. The second kappa shape index (κ2) is 6.62. The quantitative estimate of drug-likeness (QED) is 0.876. The van der Waals surface area contributed by atoms with Gasteiger partial charge < -0.3 is 20.7 Å². The minimum absolute atomic E-state index is 0.0430. The van der Waals surface area contributed by atoms with Crippen LogP contribution in [0, 0.1) is 0 Å². The molecule has 1 saturated heterocycles. The molecule has 0 bridgehead atoms. The van der Waals surface area contributed by atoms with Gasteiger partial charge in [-0.05, 0) is 33.3 Å². The number of pyridine rings is 1.